The van der Waals surface area contributed by atoms with Gasteiger partial charge in [0.15, 0.2) is 0 Å². The number of aryl methyl sites for hydroxylation is 1. The summed E-state index contributed by atoms with van der Waals surface area (Å²) in [6, 6.07) is 14.4. The van der Waals surface area contributed by atoms with Crippen LogP contribution in [0.2, 0.25) is 0 Å². The molecule has 0 spiro atoms. The van der Waals surface area contributed by atoms with Gasteiger partial charge in [-0.2, -0.15) is 0 Å². The van der Waals surface area contributed by atoms with E-state index in [0.717, 1.165) is 20.4 Å². The molecule has 2 aromatic carbocycles. The van der Waals surface area contributed by atoms with Crippen molar-refractivity contribution in [1.82, 2.24) is 0 Å². The Morgan fingerprint density at radius 1 is 1.15 bits per heavy atom. The Kier molecular flexibility index (Phi) is 5.48. The van der Waals surface area contributed by atoms with Gasteiger partial charge in [-0.25, -0.2) is 0 Å². The predicted molar refractivity (Wildman–Crippen MR) is 90.4 cm³/mol. The normalized spacial score (nSPS) is 10.5. The number of carboxylic acids is 1. The van der Waals surface area contributed by atoms with E-state index in [-0.39, 0.29) is 6.42 Å². The van der Waals surface area contributed by atoms with Crippen LogP contribution in [-0.2, 0) is 17.6 Å². The van der Waals surface area contributed by atoms with Crippen LogP contribution in [0.5, 0.6) is 0 Å². The predicted octanol–water partition coefficient (Wildman–Crippen LogP) is 4.63. The van der Waals surface area contributed by atoms with Crippen LogP contribution in [-0.4, -0.2) is 11.1 Å². The molecule has 0 aliphatic rings. The molecule has 1 N–H and O–H groups in total. The van der Waals surface area contributed by atoms with Gasteiger partial charge in [-0.15, -0.1) is 0 Å². The fourth-order valence-corrected chi connectivity index (χ4v) is 3.56. The van der Waals surface area contributed by atoms with Crippen molar-refractivity contribution in [2.45, 2.75) is 29.6 Å². The van der Waals surface area contributed by atoms with Crippen LogP contribution in [0.15, 0.2) is 52.3 Å². The number of benzene rings is 2. The zero-order valence-electron chi connectivity index (χ0n) is 11.1. The van der Waals surface area contributed by atoms with Crippen molar-refractivity contribution in [3.63, 3.8) is 0 Å². The minimum Gasteiger partial charge on any atom is -0.481 e. The van der Waals surface area contributed by atoms with Gasteiger partial charge in [0.2, 0.25) is 0 Å². The molecule has 0 atom stereocenters. The second-order valence-corrected chi connectivity index (χ2v) is 6.71. The summed E-state index contributed by atoms with van der Waals surface area (Å²) in [4.78, 5) is 13.1. The molecule has 0 bridgehead atoms. The van der Waals surface area contributed by atoms with Crippen LogP contribution < -0.4 is 0 Å². The lowest BCUT2D eigenvalue weighted by atomic mass is 10.2. The minimum absolute atomic E-state index is 0.0755. The fourth-order valence-electron chi connectivity index (χ4n) is 1.83. The maximum absolute atomic E-state index is 10.7. The van der Waals surface area contributed by atoms with E-state index in [9.17, 15) is 4.79 Å². The highest BCUT2D eigenvalue weighted by Crippen LogP contribution is 2.32. The van der Waals surface area contributed by atoms with E-state index in [1.165, 1.54) is 10.5 Å². The SMILES string of the molecule is CCc1ccc(Sc2ccc(CC(=O)O)cc2I)cc1. The summed E-state index contributed by atoms with van der Waals surface area (Å²) in [6.45, 7) is 2.15. The Hall–Kier alpha value is -1.01. The fraction of sp³-hybridized carbons (Fsp3) is 0.188. The quantitative estimate of drug-likeness (QED) is 0.747. The average Bonchev–Trinajstić information content (AvgIpc) is 2.42. The summed E-state index contributed by atoms with van der Waals surface area (Å²) >= 11 is 3.97. The number of carboxylic acid groups (broad SMARTS) is 1. The van der Waals surface area contributed by atoms with Crippen LogP contribution >= 0.6 is 34.4 Å². The largest absolute Gasteiger partial charge is 0.481 e. The van der Waals surface area contributed by atoms with Crippen molar-refractivity contribution in [2.75, 3.05) is 0 Å². The minimum atomic E-state index is -0.795. The number of carbonyl (C=O) groups is 1. The van der Waals surface area contributed by atoms with Crippen LogP contribution in [0, 0.1) is 3.57 Å². The second kappa shape index (κ2) is 7.13. The molecule has 0 heterocycles. The van der Waals surface area contributed by atoms with Gasteiger partial charge in [-0.1, -0.05) is 36.9 Å². The number of aliphatic carboxylic acids is 1. The second-order valence-electron chi connectivity index (χ2n) is 4.43. The van der Waals surface area contributed by atoms with Gasteiger partial charge in [0.25, 0.3) is 0 Å². The zero-order valence-corrected chi connectivity index (χ0v) is 14.1. The molecule has 0 amide bonds. The summed E-state index contributed by atoms with van der Waals surface area (Å²) in [5.41, 5.74) is 2.17. The molecule has 0 aliphatic carbocycles. The molecular formula is C16H15IO2S. The first kappa shape index (κ1) is 15.4. The van der Waals surface area contributed by atoms with Crippen LogP contribution in [0.3, 0.4) is 0 Å². The number of hydrogen-bond acceptors (Lipinski definition) is 2. The maximum atomic E-state index is 10.7. The van der Waals surface area contributed by atoms with Crippen molar-refractivity contribution in [3.05, 3.63) is 57.2 Å². The Labute approximate surface area is 136 Å². The van der Waals surface area contributed by atoms with Crippen molar-refractivity contribution in [2.24, 2.45) is 0 Å². The zero-order chi connectivity index (χ0) is 14.5. The molecule has 0 radical (unpaired) electrons. The average molecular weight is 398 g/mol. The lowest BCUT2D eigenvalue weighted by Gasteiger charge is -2.07. The van der Waals surface area contributed by atoms with Gasteiger partial charge in [0.05, 0.1) is 6.42 Å². The lowest BCUT2D eigenvalue weighted by molar-refractivity contribution is -0.136. The molecule has 20 heavy (non-hydrogen) atoms. The Balaban J connectivity index is 2.14. The topological polar surface area (TPSA) is 37.3 Å². The molecule has 0 saturated heterocycles. The van der Waals surface area contributed by atoms with Crippen molar-refractivity contribution < 1.29 is 9.90 Å². The molecule has 0 saturated carbocycles. The summed E-state index contributed by atoms with van der Waals surface area (Å²) < 4.78 is 1.09. The van der Waals surface area contributed by atoms with Crippen LogP contribution in [0.4, 0.5) is 0 Å². The van der Waals surface area contributed by atoms with Crippen molar-refractivity contribution >= 4 is 40.3 Å². The molecule has 0 unspecified atom stereocenters. The van der Waals surface area contributed by atoms with E-state index in [0.29, 0.717) is 0 Å². The molecule has 0 aromatic heterocycles. The van der Waals surface area contributed by atoms with Gasteiger partial charge in [-0.05, 0) is 64.4 Å². The van der Waals surface area contributed by atoms with E-state index in [1.807, 2.05) is 18.2 Å². The van der Waals surface area contributed by atoms with E-state index in [2.05, 4.69) is 53.8 Å². The molecule has 2 nitrogen and oxygen atoms in total. The first-order valence-corrected chi connectivity index (χ1v) is 8.25. The third-order valence-corrected chi connectivity index (χ3v) is 5.25. The van der Waals surface area contributed by atoms with Crippen molar-refractivity contribution in [3.8, 4) is 0 Å². The highest BCUT2D eigenvalue weighted by atomic mass is 127. The highest BCUT2D eigenvalue weighted by molar-refractivity contribution is 14.1. The number of rotatable bonds is 5. The summed E-state index contributed by atoms with van der Waals surface area (Å²) in [5.74, 6) is -0.795. The van der Waals surface area contributed by atoms with Gasteiger partial charge in [0.1, 0.15) is 0 Å². The third-order valence-electron chi connectivity index (χ3n) is 2.91. The maximum Gasteiger partial charge on any atom is 0.307 e. The molecule has 2 rings (SSSR count). The molecule has 0 fully saturated rings. The Bertz CT molecular complexity index is 608. The van der Waals surface area contributed by atoms with Crippen LogP contribution in [0.25, 0.3) is 0 Å². The van der Waals surface area contributed by atoms with Crippen LogP contribution in [0.1, 0.15) is 18.1 Å². The van der Waals surface area contributed by atoms with Gasteiger partial charge >= 0.3 is 5.97 Å². The van der Waals surface area contributed by atoms with E-state index >= 15 is 0 Å². The first-order valence-electron chi connectivity index (χ1n) is 6.35. The van der Waals surface area contributed by atoms with Crippen molar-refractivity contribution in [1.29, 1.82) is 0 Å². The smallest absolute Gasteiger partial charge is 0.307 e. The van der Waals surface area contributed by atoms with E-state index in [4.69, 9.17) is 5.11 Å². The van der Waals surface area contributed by atoms with Gasteiger partial charge < -0.3 is 5.11 Å². The number of hydrogen-bond donors (Lipinski definition) is 1. The van der Waals surface area contributed by atoms with Gasteiger partial charge in [-0.3, -0.25) is 4.79 Å². The number of halogens is 1. The molecule has 0 aliphatic heterocycles. The first-order chi connectivity index (χ1) is 9.58. The molecule has 2 aromatic rings. The van der Waals surface area contributed by atoms with Gasteiger partial charge in [0, 0.05) is 13.4 Å². The summed E-state index contributed by atoms with van der Waals surface area (Å²) in [6.07, 6.45) is 1.12. The summed E-state index contributed by atoms with van der Waals surface area (Å²) in [7, 11) is 0. The standard InChI is InChI=1S/C16H15IO2S/c1-2-11-3-6-13(7-4-11)20-15-8-5-12(9-14(15)17)10-16(18)19/h3-9H,2,10H2,1H3,(H,18,19). The Morgan fingerprint density at radius 2 is 1.80 bits per heavy atom. The molecular weight excluding hydrogens is 383 g/mol. The molecule has 4 heteroatoms. The highest BCUT2D eigenvalue weighted by Gasteiger charge is 2.06. The van der Waals surface area contributed by atoms with E-state index in [1.54, 1.807) is 11.8 Å². The Morgan fingerprint density at radius 3 is 2.35 bits per heavy atom. The third kappa shape index (κ3) is 4.24. The summed E-state index contributed by atoms with van der Waals surface area (Å²) in [5, 5.41) is 8.80. The monoisotopic (exact) mass is 398 g/mol. The van der Waals surface area contributed by atoms with E-state index < -0.39 is 5.97 Å². The molecule has 104 valence electrons. The lowest BCUT2D eigenvalue weighted by Crippen LogP contribution is -2.00.